The van der Waals surface area contributed by atoms with E-state index in [0.717, 1.165) is 21.6 Å². The standard InChI is InChI=1S/C21H18O3S/c1-23-19-12-17(14-22)21(25-18-10-6-3-7-11-18)13-20(19)24-15-16-8-4-2-5-9-16/h2-14H,15H2,1H3. The molecule has 0 radical (unpaired) electrons. The lowest BCUT2D eigenvalue weighted by atomic mass is 10.2. The van der Waals surface area contributed by atoms with Gasteiger partial charge >= 0.3 is 0 Å². The molecule has 0 saturated heterocycles. The lowest BCUT2D eigenvalue weighted by Crippen LogP contribution is -1.99. The third-order valence-corrected chi connectivity index (χ3v) is 4.71. The van der Waals surface area contributed by atoms with Gasteiger partial charge in [0.05, 0.1) is 7.11 Å². The molecular formula is C21H18O3S. The Kier molecular flexibility index (Phi) is 5.75. The van der Waals surface area contributed by atoms with Gasteiger partial charge in [-0.05, 0) is 29.8 Å². The summed E-state index contributed by atoms with van der Waals surface area (Å²) in [6.45, 7) is 0.438. The molecule has 0 aliphatic heterocycles. The summed E-state index contributed by atoms with van der Waals surface area (Å²) in [5.74, 6) is 1.17. The quantitative estimate of drug-likeness (QED) is 0.546. The van der Waals surface area contributed by atoms with Crippen molar-refractivity contribution in [3.05, 3.63) is 83.9 Å². The second-order valence-corrected chi connectivity index (χ2v) is 6.46. The van der Waals surface area contributed by atoms with Crippen LogP contribution in [0.3, 0.4) is 0 Å². The minimum Gasteiger partial charge on any atom is -0.493 e. The molecule has 3 aromatic carbocycles. The second kappa shape index (κ2) is 8.40. The molecule has 4 heteroatoms. The van der Waals surface area contributed by atoms with Crippen molar-refractivity contribution in [3.8, 4) is 11.5 Å². The first-order valence-electron chi connectivity index (χ1n) is 7.87. The number of methoxy groups -OCH3 is 1. The van der Waals surface area contributed by atoms with Crippen molar-refractivity contribution in [3.63, 3.8) is 0 Å². The van der Waals surface area contributed by atoms with Crippen LogP contribution < -0.4 is 9.47 Å². The van der Waals surface area contributed by atoms with E-state index < -0.39 is 0 Å². The molecular weight excluding hydrogens is 332 g/mol. The monoisotopic (exact) mass is 350 g/mol. The number of carbonyl (C=O) groups excluding carboxylic acids is 1. The molecule has 0 amide bonds. The SMILES string of the molecule is COc1cc(C=O)c(Sc2ccccc2)cc1OCc1ccccc1. The first-order chi connectivity index (χ1) is 12.3. The van der Waals surface area contributed by atoms with Crippen molar-refractivity contribution in [2.45, 2.75) is 16.4 Å². The third-order valence-electron chi connectivity index (χ3n) is 3.63. The highest BCUT2D eigenvalue weighted by atomic mass is 32.2. The smallest absolute Gasteiger partial charge is 0.162 e. The van der Waals surface area contributed by atoms with Crippen molar-refractivity contribution in [2.24, 2.45) is 0 Å². The van der Waals surface area contributed by atoms with Gasteiger partial charge in [-0.25, -0.2) is 0 Å². The average Bonchev–Trinajstić information content (AvgIpc) is 2.68. The van der Waals surface area contributed by atoms with Gasteiger partial charge in [0.2, 0.25) is 0 Å². The Morgan fingerprint density at radius 2 is 1.60 bits per heavy atom. The van der Waals surface area contributed by atoms with Crippen LogP contribution in [0.25, 0.3) is 0 Å². The Bertz CT molecular complexity index is 833. The zero-order valence-electron chi connectivity index (χ0n) is 13.8. The summed E-state index contributed by atoms with van der Waals surface area (Å²) in [5, 5.41) is 0. The van der Waals surface area contributed by atoms with Crippen LogP contribution in [-0.2, 0) is 6.61 Å². The van der Waals surface area contributed by atoms with Crippen molar-refractivity contribution in [1.29, 1.82) is 0 Å². The van der Waals surface area contributed by atoms with E-state index >= 15 is 0 Å². The maximum Gasteiger partial charge on any atom is 0.162 e. The number of rotatable bonds is 7. The molecule has 25 heavy (non-hydrogen) atoms. The average molecular weight is 350 g/mol. The molecule has 0 heterocycles. The van der Waals surface area contributed by atoms with Crippen molar-refractivity contribution < 1.29 is 14.3 Å². The Morgan fingerprint density at radius 3 is 2.24 bits per heavy atom. The lowest BCUT2D eigenvalue weighted by Gasteiger charge is -2.14. The summed E-state index contributed by atoms with van der Waals surface area (Å²) >= 11 is 1.53. The topological polar surface area (TPSA) is 35.5 Å². The van der Waals surface area contributed by atoms with Gasteiger partial charge in [-0.1, -0.05) is 60.3 Å². The second-order valence-electron chi connectivity index (χ2n) is 5.35. The molecule has 0 atom stereocenters. The Morgan fingerprint density at radius 1 is 0.920 bits per heavy atom. The van der Waals surface area contributed by atoms with Crippen LogP contribution in [0.15, 0.2) is 82.6 Å². The highest BCUT2D eigenvalue weighted by Crippen LogP contribution is 2.38. The molecule has 0 unspecified atom stereocenters. The van der Waals surface area contributed by atoms with Crippen LogP contribution in [0.4, 0.5) is 0 Å². The maximum atomic E-state index is 11.5. The summed E-state index contributed by atoms with van der Waals surface area (Å²) in [4.78, 5) is 13.4. The van der Waals surface area contributed by atoms with E-state index in [1.165, 1.54) is 11.8 Å². The largest absolute Gasteiger partial charge is 0.493 e. The minimum absolute atomic E-state index is 0.438. The fraction of sp³-hybridized carbons (Fsp3) is 0.0952. The third kappa shape index (κ3) is 4.43. The zero-order chi connectivity index (χ0) is 17.5. The van der Waals surface area contributed by atoms with E-state index in [1.807, 2.05) is 66.7 Å². The van der Waals surface area contributed by atoms with E-state index in [4.69, 9.17) is 9.47 Å². The van der Waals surface area contributed by atoms with Crippen LogP contribution >= 0.6 is 11.8 Å². The van der Waals surface area contributed by atoms with Crippen molar-refractivity contribution in [2.75, 3.05) is 7.11 Å². The molecule has 0 aliphatic rings. The van der Waals surface area contributed by atoms with Gasteiger partial charge in [-0.2, -0.15) is 0 Å². The van der Waals surface area contributed by atoms with Gasteiger partial charge in [0.15, 0.2) is 17.8 Å². The van der Waals surface area contributed by atoms with E-state index in [1.54, 1.807) is 13.2 Å². The van der Waals surface area contributed by atoms with Crippen molar-refractivity contribution in [1.82, 2.24) is 0 Å². The Balaban J connectivity index is 1.88. The first-order valence-corrected chi connectivity index (χ1v) is 8.68. The Labute approximate surface area is 151 Å². The first kappa shape index (κ1) is 17.1. The van der Waals surface area contributed by atoms with Crippen LogP contribution in [0.1, 0.15) is 15.9 Å². The maximum absolute atomic E-state index is 11.5. The van der Waals surface area contributed by atoms with E-state index in [9.17, 15) is 4.79 Å². The molecule has 0 N–H and O–H groups in total. The summed E-state index contributed by atoms with van der Waals surface area (Å²) in [7, 11) is 1.57. The lowest BCUT2D eigenvalue weighted by molar-refractivity contribution is 0.112. The van der Waals surface area contributed by atoms with Crippen molar-refractivity contribution >= 4 is 18.0 Å². The van der Waals surface area contributed by atoms with E-state index in [-0.39, 0.29) is 0 Å². The number of hydrogen-bond donors (Lipinski definition) is 0. The Hall–Kier alpha value is -2.72. The fourth-order valence-corrected chi connectivity index (χ4v) is 3.30. The number of carbonyl (C=O) groups is 1. The highest BCUT2D eigenvalue weighted by Gasteiger charge is 2.13. The molecule has 0 aliphatic carbocycles. The van der Waals surface area contributed by atoms with Crippen LogP contribution in [0.5, 0.6) is 11.5 Å². The molecule has 0 aromatic heterocycles. The molecule has 3 rings (SSSR count). The fourth-order valence-electron chi connectivity index (χ4n) is 2.36. The minimum atomic E-state index is 0.438. The van der Waals surface area contributed by atoms with Gasteiger partial charge in [0, 0.05) is 15.4 Å². The van der Waals surface area contributed by atoms with E-state index in [0.29, 0.717) is 23.7 Å². The number of benzene rings is 3. The zero-order valence-corrected chi connectivity index (χ0v) is 14.7. The highest BCUT2D eigenvalue weighted by molar-refractivity contribution is 7.99. The number of ether oxygens (including phenoxy) is 2. The van der Waals surface area contributed by atoms with Gasteiger partial charge in [0.25, 0.3) is 0 Å². The van der Waals surface area contributed by atoms with Crippen LogP contribution in [-0.4, -0.2) is 13.4 Å². The van der Waals surface area contributed by atoms with Crippen LogP contribution in [0, 0.1) is 0 Å². The predicted octanol–water partition coefficient (Wildman–Crippen LogP) is 5.24. The molecule has 0 fully saturated rings. The summed E-state index contributed by atoms with van der Waals surface area (Å²) in [5.41, 5.74) is 1.65. The predicted molar refractivity (Wildman–Crippen MR) is 99.7 cm³/mol. The molecule has 0 spiro atoms. The molecule has 126 valence electrons. The summed E-state index contributed by atoms with van der Waals surface area (Å²) < 4.78 is 11.3. The van der Waals surface area contributed by atoms with Gasteiger partial charge in [-0.3, -0.25) is 4.79 Å². The number of hydrogen-bond acceptors (Lipinski definition) is 4. The van der Waals surface area contributed by atoms with Gasteiger partial charge in [-0.15, -0.1) is 0 Å². The molecule has 0 bridgehead atoms. The number of aldehydes is 1. The van der Waals surface area contributed by atoms with Gasteiger partial charge < -0.3 is 9.47 Å². The normalized spacial score (nSPS) is 10.3. The molecule has 0 saturated carbocycles. The van der Waals surface area contributed by atoms with Gasteiger partial charge in [0.1, 0.15) is 6.61 Å². The van der Waals surface area contributed by atoms with E-state index in [2.05, 4.69) is 0 Å². The van der Waals surface area contributed by atoms with Crippen LogP contribution in [0.2, 0.25) is 0 Å². The summed E-state index contributed by atoms with van der Waals surface area (Å²) in [6.07, 6.45) is 0.842. The molecule has 3 nitrogen and oxygen atoms in total. The summed E-state index contributed by atoms with van der Waals surface area (Å²) in [6, 6.07) is 23.4. The molecule has 3 aromatic rings.